The van der Waals surface area contributed by atoms with Crippen LogP contribution in [0.5, 0.6) is 0 Å². The fourth-order valence-corrected chi connectivity index (χ4v) is 3.32. The van der Waals surface area contributed by atoms with Gasteiger partial charge in [0.1, 0.15) is 0 Å². The van der Waals surface area contributed by atoms with Crippen molar-refractivity contribution < 1.29 is 0 Å². The summed E-state index contributed by atoms with van der Waals surface area (Å²) in [5.41, 5.74) is 6.04. The van der Waals surface area contributed by atoms with E-state index in [2.05, 4.69) is 11.8 Å². The average Bonchev–Trinajstić information content (AvgIpc) is 2.17. The van der Waals surface area contributed by atoms with Gasteiger partial charge in [-0.2, -0.15) is 0 Å². The molecule has 2 rings (SSSR count). The Balaban J connectivity index is 1.75. The third-order valence-electron chi connectivity index (χ3n) is 4.08. The lowest BCUT2D eigenvalue weighted by molar-refractivity contribution is 0.140. The summed E-state index contributed by atoms with van der Waals surface area (Å²) in [6.45, 7) is 6.36. The molecule has 15 heavy (non-hydrogen) atoms. The van der Waals surface area contributed by atoms with E-state index >= 15 is 0 Å². The van der Waals surface area contributed by atoms with Crippen LogP contribution in [0, 0.1) is 11.8 Å². The van der Waals surface area contributed by atoms with E-state index in [1.165, 1.54) is 58.2 Å². The molecule has 0 spiro atoms. The van der Waals surface area contributed by atoms with E-state index in [4.69, 9.17) is 5.73 Å². The highest BCUT2D eigenvalue weighted by Gasteiger charge is 2.23. The molecular weight excluding hydrogens is 184 g/mol. The van der Waals surface area contributed by atoms with E-state index in [1.54, 1.807) is 0 Å². The molecule has 2 aliphatic rings. The Bertz CT molecular complexity index is 173. The zero-order valence-corrected chi connectivity index (χ0v) is 10.1. The van der Waals surface area contributed by atoms with Crippen molar-refractivity contribution in [3.63, 3.8) is 0 Å². The Morgan fingerprint density at radius 1 is 1.20 bits per heavy atom. The van der Waals surface area contributed by atoms with Crippen molar-refractivity contribution in [1.29, 1.82) is 0 Å². The molecule has 3 atom stereocenters. The van der Waals surface area contributed by atoms with E-state index in [-0.39, 0.29) is 0 Å². The predicted molar refractivity (Wildman–Crippen MR) is 64.8 cm³/mol. The molecule has 1 saturated heterocycles. The number of piperidine rings is 1. The maximum absolute atomic E-state index is 6.04. The number of nitrogens with zero attached hydrogens (tertiary/aromatic N) is 1. The summed E-state index contributed by atoms with van der Waals surface area (Å²) in [5.74, 6) is 1.80. The standard InChI is InChI=1S/C13H26N2/c1-11-4-3-7-15(9-11)10-12-5-2-6-13(14)8-12/h11-13H,2-10,14H2,1H3. The SMILES string of the molecule is CC1CCCN(CC2CCCC(N)C2)C1. The van der Waals surface area contributed by atoms with Gasteiger partial charge in [0.25, 0.3) is 0 Å². The third-order valence-corrected chi connectivity index (χ3v) is 4.08. The van der Waals surface area contributed by atoms with Crippen molar-refractivity contribution in [3.8, 4) is 0 Å². The number of hydrogen-bond donors (Lipinski definition) is 1. The molecular formula is C13H26N2. The molecule has 2 fully saturated rings. The second-order valence-corrected chi connectivity index (χ2v) is 5.80. The van der Waals surface area contributed by atoms with Crippen LogP contribution in [0.4, 0.5) is 0 Å². The Morgan fingerprint density at radius 2 is 2.07 bits per heavy atom. The monoisotopic (exact) mass is 210 g/mol. The molecule has 0 bridgehead atoms. The molecule has 0 aromatic heterocycles. The van der Waals surface area contributed by atoms with Crippen LogP contribution in [0.3, 0.4) is 0 Å². The number of rotatable bonds is 2. The highest BCUT2D eigenvalue weighted by atomic mass is 15.1. The second-order valence-electron chi connectivity index (χ2n) is 5.80. The van der Waals surface area contributed by atoms with Gasteiger partial charge >= 0.3 is 0 Å². The molecule has 2 heteroatoms. The van der Waals surface area contributed by atoms with Crippen molar-refractivity contribution in [2.75, 3.05) is 19.6 Å². The van der Waals surface area contributed by atoms with Gasteiger partial charge in [0.2, 0.25) is 0 Å². The lowest BCUT2D eigenvalue weighted by Gasteiger charge is -2.36. The normalized spacial score (nSPS) is 39.2. The molecule has 0 aromatic carbocycles. The van der Waals surface area contributed by atoms with Crippen LogP contribution >= 0.6 is 0 Å². The van der Waals surface area contributed by atoms with Gasteiger partial charge in [0.15, 0.2) is 0 Å². The molecule has 2 nitrogen and oxygen atoms in total. The molecule has 2 N–H and O–H groups in total. The first-order valence-corrected chi connectivity index (χ1v) is 6.72. The minimum atomic E-state index is 0.492. The zero-order valence-electron chi connectivity index (χ0n) is 10.1. The predicted octanol–water partition coefficient (Wildman–Crippen LogP) is 2.24. The first-order chi connectivity index (χ1) is 7.24. The van der Waals surface area contributed by atoms with Crippen LogP contribution in [-0.2, 0) is 0 Å². The quantitative estimate of drug-likeness (QED) is 0.757. The molecule has 0 amide bonds. The van der Waals surface area contributed by atoms with E-state index in [0.29, 0.717) is 6.04 Å². The number of hydrogen-bond acceptors (Lipinski definition) is 2. The molecule has 0 aromatic rings. The van der Waals surface area contributed by atoms with Crippen LogP contribution in [0.25, 0.3) is 0 Å². The highest BCUT2D eigenvalue weighted by Crippen LogP contribution is 2.25. The minimum absolute atomic E-state index is 0.492. The Kier molecular flexibility index (Phi) is 4.04. The zero-order chi connectivity index (χ0) is 10.7. The van der Waals surface area contributed by atoms with Gasteiger partial charge in [0.05, 0.1) is 0 Å². The highest BCUT2D eigenvalue weighted by molar-refractivity contribution is 4.79. The van der Waals surface area contributed by atoms with Crippen LogP contribution in [-0.4, -0.2) is 30.6 Å². The van der Waals surface area contributed by atoms with Gasteiger partial charge in [-0.1, -0.05) is 13.3 Å². The van der Waals surface area contributed by atoms with Crippen molar-refractivity contribution in [2.45, 2.75) is 51.5 Å². The van der Waals surface area contributed by atoms with E-state index < -0.39 is 0 Å². The van der Waals surface area contributed by atoms with E-state index in [0.717, 1.165) is 11.8 Å². The topological polar surface area (TPSA) is 29.3 Å². The van der Waals surface area contributed by atoms with E-state index in [1.807, 2.05) is 0 Å². The summed E-state index contributed by atoms with van der Waals surface area (Å²) in [7, 11) is 0. The van der Waals surface area contributed by atoms with E-state index in [9.17, 15) is 0 Å². The first kappa shape index (κ1) is 11.4. The Morgan fingerprint density at radius 3 is 2.80 bits per heavy atom. The first-order valence-electron chi connectivity index (χ1n) is 6.72. The lowest BCUT2D eigenvalue weighted by atomic mass is 9.85. The molecule has 1 aliphatic carbocycles. The molecule has 1 saturated carbocycles. The van der Waals surface area contributed by atoms with Gasteiger partial charge in [-0.05, 0) is 50.5 Å². The fourth-order valence-electron chi connectivity index (χ4n) is 3.32. The summed E-state index contributed by atoms with van der Waals surface area (Å²) in [5, 5.41) is 0. The Hall–Kier alpha value is -0.0800. The van der Waals surface area contributed by atoms with Crippen LogP contribution in [0.15, 0.2) is 0 Å². The summed E-state index contributed by atoms with van der Waals surface area (Å²) in [6, 6.07) is 0.492. The Labute approximate surface area is 94.2 Å². The summed E-state index contributed by atoms with van der Waals surface area (Å²) in [4.78, 5) is 2.68. The summed E-state index contributed by atoms with van der Waals surface area (Å²) < 4.78 is 0. The van der Waals surface area contributed by atoms with Gasteiger partial charge in [-0.15, -0.1) is 0 Å². The maximum atomic E-state index is 6.04. The maximum Gasteiger partial charge on any atom is 0.00419 e. The van der Waals surface area contributed by atoms with Gasteiger partial charge in [0, 0.05) is 19.1 Å². The molecule has 1 aliphatic heterocycles. The van der Waals surface area contributed by atoms with Crippen LogP contribution < -0.4 is 5.73 Å². The summed E-state index contributed by atoms with van der Waals surface area (Å²) in [6.07, 6.45) is 8.13. The number of nitrogens with two attached hydrogens (primary N) is 1. The van der Waals surface area contributed by atoms with Gasteiger partial charge in [-0.3, -0.25) is 0 Å². The molecule has 3 unspecified atom stereocenters. The van der Waals surface area contributed by atoms with Gasteiger partial charge < -0.3 is 10.6 Å². The van der Waals surface area contributed by atoms with Crippen molar-refractivity contribution in [1.82, 2.24) is 4.90 Å². The second kappa shape index (κ2) is 5.31. The minimum Gasteiger partial charge on any atom is -0.328 e. The van der Waals surface area contributed by atoms with Crippen molar-refractivity contribution in [2.24, 2.45) is 17.6 Å². The van der Waals surface area contributed by atoms with Crippen LogP contribution in [0.1, 0.15) is 45.4 Å². The van der Waals surface area contributed by atoms with Gasteiger partial charge in [-0.25, -0.2) is 0 Å². The molecule has 88 valence electrons. The molecule has 0 radical (unpaired) electrons. The summed E-state index contributed by atoms with van der Waals surface area (Å²) >= 11 is 0. The number of likely N-dealkylation sites (tertiary alicyclic amines) is 1. The average molecular weight is 210 g/mol. The van der Waals surface area contributed by atoms with Crippen LogP contribution in [0.2, 0.25) is 0 Å². The van der Waals surface area contributed by atoms with Crippen molar-refractivity contribution >= 4 is 0 Å². The fraction of sp³-hybridized carbons (Fsp3) is 1.00. The third kappa shape index (κ3) is 3.46. The largest absolute Gasteiger partial charge is 0.328 e. The van der Waals surface area contributed by atoms with Crippen molar-refractivity contribution in [3.05, 3.63) is 0 Å². The molecule has 1 heterocycles. The smallest absolute Gasteiger partial charge is 0.00419 e. The lowest BCUT2D eigenvalue weighted by Crippen LogP contribution is -2.40.